The molecule has 0 bridgehead atoms. The van der Waals surface area contributed by atoms with Crippen LogP contribution in [0, 0.1) is 6.92 Å². The second-order valence-corrected chi connectivity index (χ2v) is 5.54. The van der Waals surface area contributed by atoms with Gasteiger partial charge in [-0.15, -0.1) is 0 Å². The molecule has 3 heterocycles. The van der Waals surface area contributed by atoms with Crippen LogP contribution in [-0.4, -0.2) is 27.1 Å². The standard InChI is InChI=1S/C16H21N3O2/c1-3-8-19-12(2)13(11-17-19)16(20)18-9-4-6-14(18)15-7-5-10-21-15/h5,7,10-11,14H,3-4,6,8-9H2,1-2H3. The van der Waals surface area contributed by atoms with Gasteiger partial charge < -0.3 is 9.32 Å². The number of aromatic nitrogens is 2. The molecule has 0 spiro atoms. The van der Waals surface area contributed by atoms with E-state index in [2.05, 4.69) is 12.0 Å². The Labute approximate surface area is 124 Å². The molecule has 1 atom stereocenters. The van der Waals surface area contributed by atoms with E-state index in [1.54, 1.807) is 12.5 Å². The average Bonchev–Trinajstić information content (AvgIpc) is 3.19. The van der Waals surface area contributed by atoms with Gasteiger partial charge >= 0.3 is 0 Å². The van der Waals surface area contributed by atoms with Crippen LogP contribution >= 0.6 is 0 Å². The molecular weight excluding hydrogens is 266 g/mol. The summed E-state index contributed by atoms with van der Waals surface area (Å²) in [6.07, 6.45) is 6.35. The summed E-state index contributed by atoms with van der Waals surface area (Å²) < 4.78 is 7.40. The van der Waals surface area contributed by atoms with Crippen LogP contribution in [0.15, 0.2) is 29.0 Å². The Kier molecular flexibility index (Phi) is 3.82. The number of carbonyl (C=O) groups is 1. The van der Waals surface area contributed by atoms with E-state index in [9.17, 15) is 4.79 Å². The summed E-state index contributed by atoms with van der Waals surface area (Å²) in [7, 11) is 0. The largest absolute Gasteiger partial charge is 0.467 e. The van der Waals surface area contributed by atoms with Crippen LogP contribution in [-0.2, 0) is 6.54 Å². The van der Waals surface area contributed by atoms with Crippen molar-refractivity contribution in [2.45, 2.75) is 45.7 Å². The number of amides is 1. The van der Waals surface area contributed by atoms with Crippen molar-refractivity contribution in [3.8, 4) is 0 Å². The van der Waals surface area contributed by atoms with Gasteiger partial charge in [-0.3, -0.25) is 9.48 Å². The van der Waals surface area contributed by atoms with Crippen LogP contribution in [0.1, 0.15) is 54.0 Å². The number of likely N-dealkylation sites (tertiary alicyclic amines) is 1. The van der Waals surface area contributed by atoms with Crippen LogP contribution in [0.2, 0.25) is 0 Å². The van der Waals surface area contributed by atoms with Crippen LogP contribution in [0.5, 0.6) is 0 Å². The Morgan fingerprint density at radius 2 is 2.38 bits per heavy atom. The van der Waals surface area contributed by atoms with Gasteiger partial charge in [0.1, 0.15) is 5.76 Å². The minimum Gasteiger partial charge on any atom is -0.467 e. The molecule has 0 N–H and O–H groups in total. The van der Waals surface area contributed by atoms with Crippen molar-refractivity contribution >= 4 is 5.91 Å². The summed E-state index contributed by atoms with van der Waals surface area (Å²) in [6, 6.07) is 3.88. The third kappa shape index (κ3) is 2.48. The van der Waals surface area contributed by atoms with E-state index in [-0.39, 0.29) is 11.9 Å². The first-order valence-electron chi connectivity index (χ1n) is 7.59. The summed E-state index contributed by atoms with van der Waals surface area (Å²) in [5, 5.41) is 4.33. The van der Waals surface area contributed by atoms with Gasteiger partial charge in [0.15, 0.2) is 0 Å². The quantitative estimate of drug-likeness (QED) is 0.868. The molecule has 1 aliphatic heterocycles. The third-order valence-electron chi connectivity index (χ3n) is 4.15. The lowest BCUT2D eigenvalue weighted by Crippen LogP contribution is -2.30. The Morgan fingerprint density at radius 3 is 3.10 bits per heavy atom. The van der Waals surface area contributed by atoms with Gasteiger partial charge in [-0.1, -0.05) is 6.92 Å². The minimum absolute atomic E-state index is 0.0569. The van der Waals surface area contributed by atoms with Gasteiger partial charge in [0, 0.05) is 18.8 Å². The molecule has 3 rings (SSSR count). The maximum Gasteiger partial charge on any atom is 0.257 e. The number of furan rings is 1. The number of hydrogen-bond donors (Lipinski definition) is 0. The first kappa shape index (κ1) is 13.9. The zero-order valence-electron chi connectivity index (χ0n) is 12.6. The Bertz CT molecular complexity index is 616. The Balaban J connectivity index is 1.84. The van der Waals surface area contributed by atoms with Gasteiger partial charge in [-0.2, -0.15) is 5.10 Å². The average molecular weight is 287 g/mol. The Hall–Kier alpha value is -2.04. The highest BCUT2D eigenvalue weighted by molar-refractivity contribution is 5.95. The highest BCUT2D eigenvalue weighted by atomic mass is 16.3. The number of aryl methyl sites for hydroxylation is 1. The lowest BCUT2D eigenvalue weighted by atomic mass is 10.1. The molecule has 1 aliphatic rings. The summed E-state index contributed by atoms with van der Waals surface area (Å²) >= 11 is 0. The van der Waals surface area contributed by atoms with Crippen molar-refractivity contribution in [2.75, 3.05) is 6.54 Å². The fraction of sp³-hybridized carbons (Fsp3) is 0.500. The second-order valence-electron chi connectivity index (χ2n) is 5.54. The zero-order chi connectivity index (χ0) is 14.8. The molecule has 0 aromatic carbocycles. The molecule has 0 radical (unpaired) electrons. The van der Waals surface area contributed by atoms with Gasteiger partial charge in [0.25, 0.3) is 5.91 Å². The summed E-state index contributed by atoms with van der Waals surface area (Å²) in [6.45, 7) is 5.70. The third-order valence-corrected chi connectivity index (χ3v) is 4.15. The highest BCUT2D eigenvalue weighted by Gasteiger charge is 2.33. The Morgan fingerprint density at radius 1 is 1.52 bits per heavy atom. The van der Waals surface area contributed by atoms with Gasteiger partial charge in [-0.25, -0.2) is 0 Å². The summed E-state index contributed by atoms with van der Waals surface area (Å²) in [5.74, 6) is 0.938. The minimum atomic E-state index is 0.0569. The van der Waals surface area contributed by atoms with E-state index >= 15 is 0 Å². The van der Waals surface area contributed by atoms with Crippen LogP contribution in [0.25, 0.3) is 0 Å². The molecule has 2 aromatic heterocycles. The molecule has 1 unspecified atom stereocenters. The molecule has 5 heteroatoms. The fourth-order valence-electron chi connectivity index (χ4n) is 3.03. The smallest absolute Gasteiger partial charge is 0.257 e. The first-order valence-corrected chi connectivity index (χ1v) is 7.59. The van der Waals surface area contributed by atoms with E-state index in [4.69, 9.17) is 4.42 Å². The van der Waals surface area contributed by atoms with Crippen LogP contribution < -0.4 is 0 Å². The summed E-state index contributed by atoms with van der Waals surface area (Å²) in [4.78, 5) is 14.7. The van der Waals surface area contributed by atoms with Crippen molar-refractivity contribution < 1.29 is 9.21 Å². The van der Waals surface area contributed by atoms with E-state index in [0.717, 1.165) is 43.8 Å². The van der Waals surface area contributed by atoms with Gasteiger partial charge in [0.05, 0.1) is 24.1 Å². The summed E-state index contributed by atoms with van der Waals surface area (Å²) in [5.41, 5.74) is 1.66. The normalized spacial score (nSPS) is 18.4. The number of carbonyl (C=O) groups excluding carboxylic acids is 1. The van der Waals surface area contributed by atoms with Crippen molar-refractivity contribution in [3.63, 3.8) is 0 Å². The van der Waals surface area contributed by atoms with E-state index in [1.807, 2.05) is 28.6 Å². The first-order chi connectivity index (χ1) is 10.2. The zero-order valence-corrected chi connectivity index (χ0v) is 12.6. The molecule has 0 saturated carbocycles. The maximum absolute atomic E-state index is 12.8. The van der Waals surface area contributed by atoms with Crippen molar-refractivity contribution in [1.82, 2.24) is 14.7 Å². The highest BCUT2D eigenvalue weighted by Crippen LogP contribution is 2.33. The lowest BCUT2D eigenvalue weighted by molar-refractivity contribution is 0.0719. The molecular formula is C16H21N3O2. The number of hydrogen-bond acceptors (Lipinski definition) is 3. The molecule has 5 nitrogen and oxygen atoms in total. The van der Waals surface area contributed by atoms with Gasteiger partial charge in [0.2, 0.25) is 0 Å². The lowest BCUT2D eigenvalue weighted by Gasteiger charge is -2.23. The molecule has 112 valence electrons. The molecule has 0 aliphatic carbocycles. The monoisotopic (exact) mass is 287 g/mol. The van der Waals surface area contributed by atoms with Crippen molar-refractivity contribution in [2.24, 2.45) is 0 Å². The molecule has 2 aromatic rings. The molecule has 1 saturated heterocycles. The maximum atomic E-state index is 12.8. The van der Waals surface area contributed by atoms with Crippen LogP contribution in [0.4, 0.5) is 0 Å². The second kappa shape index (κ2) is 5.76. The predicted octanol–water partition coefficient (Wildman–Crippen LogP) is 3.17. The fourth-order valence-corrected chi connectivity index (χ4v) is 3.03. The van der Waals surface area contributed by atoms with E-state index < -0.39 is 0 Å². The van der Waals surface area contributed by atoms with Gasteiger partial charge in [-0.05, 0) is 38.3 Å². The molecule has 1 amide bonds. The predicted molar refractivity (Wildman–Crippen MR) is 79.0 cm³/mol. The SMILES string of the molecule is CCCn1ncc(C(=O)N2CCCC2c2ccco2)c1C. The number of rotatable bonds is 4. The number of nitrogens with zero attached hydrogens (tertiary/aromatic N) is 3. The molecule has 1 fully saturated rings. The van der Waals surface area contributed by atoms with Crippen LogP contribution in [0.3, 0.4) is 0 Å². The molecule has 21 heavy (non-hydrogen) atoms. The van der Waals surface area contributed by atoms with Crippen molar-refractivity contribution in [3.05, 3.63) is 41.6 Å². The van der Waals surface area contributed by atoms with E-state index in [1.165, 1.54) is 0 Å². The topological polar surface area (TPSA) is 51.3 Å². The van der Waals surface area contributed by atoms with Crippen molar-refractivity contribution in [1.29, 1.82) is 0 Å². The van der Waals surface area contributed by atoms with E-state index in [0.29, 0.717) is 5.56 Å².